The van der Waals surface area contributed by atoms with E-state index < -0.39 is 0 Å². The lowest BCUT2D eigenvalue weighted by Gasteiger charge is -2.45. The van der Waals surface area contributed by atoms with Crippen LogP contribution in [0.25, 0.3) is 0 Å². The predicted molar refractivity (Wildman–Crippen MR) is 122 cm³/mol. The van der Waals surface area contributed by atoms with Gasteiger partial charge in [-0.15, -0.1) is 0 Å². The van der Waals surface area contributed by atoms with Gasteiger partial charge in [0.2, 0.25) is 0 Å². The zero-order valence-electron chi connectivity index (χ0n) is 17.8. The van der Waals surface area contributed by atoms with Crippen LogP contribution < -0.4 is 9.47 Å². The maximum absolute atomic E-state index is 5.88. The average Bonchev–Trinajstić information content (AvgIpc) is 2.75. The van der Waals surface area contributed by atoms with Crippen molar-refractivity contribution in [1.29, 1.82) is 0 Å². The van der Waals surface area contributed by atoms with Crippen LogP contribution in [0.15, 0.2) is 48.5 Å². The molecule has 3 nitrogen and oxygen atoms in total. The first-order valence-electron chi connectivity index (χ1n) is 10.5. The van der Waals surface area contributed by atoms with Crippen LogP contribution in [0.2, 0.25) is 0 Å². The largest absolute Gasteiger partial charge is 0.497 e. The Morgan fingerprint density at radius 2 is 1.41 bits per heavy atom. The van der Waals surface area contributed by atoms with Crippen LogP contribution in [-0.2, 0) is 17.6 Å². The first kappa shape index (κ1) is 21.6. The molecule has 1 fully saturated rings. The smallest absolute Gasteiger partial charge is 0.163 e. The third-order valence-electron chi connectivity index (χ3n) is 6.16. The monoisotopic (exact) mass is 412 g/mol. The minimum atomic E-state index is 0.0632. The summed E-state index contributed by atoms with van der Waals surface area (Å²) in [5.74, 6) is 2.07. The Kier molecular flexibility index (Phi) is 7.54. The Labute approximate surface area is 180 Å². The highest BCUT2D eigenvalue weighted by atomic mass is 32.1. The van der Waals surface area contributed by atoms with Crippen LogP contribution in [0.1, 0.15) is 43.7 Å². The van der Waals surface area contributed by atoms with Crippen LogP contribution >= 0.6 is 12.2 Å². The molecule has 0 aliphatic heterocycles. The first-order valence-corrected chi connectivity index (χ1v) is 10.9. The van der Waals surface area contributed by atoms with Gasteiger partial charge in [0.1, 0.15) is 11.5 Å². The molecule has 156 valence electrons. The zero-order valence-corrected chi connectivity index (χ0v) is 18.6. The molecule has 0 N–H and O–H groups in total. The van der Waals surface area contributed by atoms with Crippen molar-refractivity contribution in [2.75, 3.05) is 20.8 Å². The number of thiocarbonyl (C=S) groups is 1. The third kappa shape index (κ3) is 5.30. The molecule has 1 unspecified atom stereocenters. The second-order valence-electron chi connectivity index (χ2n) is 7.96. The quantitative estimate of drug-likeness (QED) is 0.495. The standard InChI is InChI=1S/C25H32O3S/c1-4-28-24(29)23-7-5-6-16-25(23,17-19-8-12-21(26-2)13-9-19)18-20-10-14-22(27-3)15-11-20/h8-15,23H,4-7,16-18H2,1-3H3. The summed E-state index contributed by atoms with van der Waals surface area (Å²) in [7, 11) is 3.41. The molecule has 1 aliphatic carbocycles. The number of hydrogen-bond donors (Lipinski definition) is 0. The van der Waals surface area contributed by atoms with Gasteiger partial charge >= 0.3 is 0 Å². The van der Waals surface area contributed by atoms with Gasteiger partial charge in [0.25, 0.3) is 0 Å². The Morgan fingerprint density at radius 1 is 0.897 bits per heavy atom. The highest BCUT2D eigenvalue weighted by molar-refractivity contribution is 7.80. The molecule has 0 radical (unpaired) electrons. The lowest BCUT2D eigenvalue weighted by atomic mass is 9.61. The second kappa shape index (κ2) is 10.1. The van der Waals surface area contributed by atoms with Crippen molar-refractivity contribution in [3.05, 3.63) is 59.7 Å². The fourth-order valence-corrected chi connectivity index (χ4v) is 5.19. The lowest BCUT2D eigenvalue weighted by molar-refractivity contribution is 0.120. The Hall–Kier alpha value is -2.07. The fourth-order valence-electron chi connectivity index (χ4n) is 4.70. The Bertz CT molecular complexity index is 733. The first-order chi connectivity index (χ1) is 14.1. The van der Waals surface area contributed by atoms with Gasteiger partial charge in [0.15, 0.2) is 5.05 Å². The van der Waals surface area contributed by atoms with E-state index in [2.05, 4.69) is 48.5 Å². The number of rotatable bonds is 8. The van der Waals surface area contributed by atoms with Gasteiger partial charge in [-0.3, -0.25) is 0 Å². The van der Waals surface area contributed by atoms with Crippen molar-refractivity contribution in [2.45, 2.75) is 45.4 Å². The normalized spacial score (nSPS) is 18.1. The van der Waals surface area contributed by atoms with Crippen molar-refractivity contribution in [3.8, 4) is 11.5 Å². The number of methoxy groups -OCH3 is 2. The van der Waals surface area contributed by atoms with E-state index in [-0.39, 0.29) is 11.3 Å². The topological polar surface area (TPSA) is 27.7 Å². The second-order valence-corrected chi connectivity index (χ2v) is 8.36. The maximum Gasteiger partial charge on any atom is 0.163 e. The summed E-state index contributed by atoms with van der Waals surface area (Å²) in [6.07, 6.45) is 6.68. The molecule has 1 aliphatic rings. The maximum atomic E-state index is 5.88. The van der Waals surface area contributed by atoms with Crippen molar-refractivity contribution in [3.63, 3.8) is 0 Å². The molecule has 4 heteroatoms. The molecule has 0 saturated heterocycles. The average molecular weight is 413 g/mol. The molecule has 0 aromatic heterocycles. The van der Waals surface area contributed by atoms with Crippen molar-refractivity contribution in [2.24, 2.45) is 11.3 Å². The van der Waals surface area contributed by atoms with E-state index in [9.17, 15) is 0 Å². The van der Waals surface area contributed by atoms with E-state index in [0.717, 1.165) is 42.2 Å². The highest BCUT2D eigenvalue weighted by Gasteiger charge is 2.43. The summed E-state index contributed by atoms with van der Waals surface area (Å²) in [5, 5.41) is 0.786. The van der Waals surface area contributed by atoms with Crippen molar-refractivity contribution < 1.29 is 14.2 Å². The SMILES string of the molecule is CCOC(=S)C1CCCCC1(Cc1ccc(OC)cc1)Cc1ccc(OC)cc1. The van der Waals surface area contributed by atoms with Crippen LogP contribution in [0.5, 0.6) is 11.5 Å². The fraction of sp³-hybridized carbons (Fsp3) is 0.480. The molecule has 0 amide bonds. The molecule has 1 atom stereocenters. The van der Waals surface area contributed by atoms with Crippen LogP contribution in [0.3, 0.4) is 0 Å². The van der Waals surface area contributed by atoms with Crippen molar-refractivity contribution >= 4 is 17.3 Å². The van der Waals surface area contributed by atoms with Gasteiger partial charge in [-0.05, 0) is 85.6 Å². The molecule has 2 aromatic rings. The summed E-state index contributed by atoms with van der Waals surface area (Å²) in [6.45, 7) is 2.65. The highest BCUT2D eigenvalue weighted by Crippen LogP contribution is 2.47. The van der Waals surface area contributed by atoms with E-state index in [1.165, 1.54) is 24.0 Å². The van der Waals surface area contributed by atoms with E-state index in [0.29, 0.717) is 6.61 Å². The number of ether oxygens (including phenoxy) is 3. The molecule has 0 bridgehead atoms. The van der Waals surface area contributed by atoms with E-state index in [1.807, 2.05) is 6.92 Å². The summed E-state index contributed by atoms with van der Waals surface area (Å²) in [5.41, 5.74) is 2.71. The van der Waals surface area contributed by atoms with Gasteiger partial charge in [-0.1, -0.05) is 37.1 Å². The van der Waals surface area contributed by atoms with Crippen molar-refractivity contribution in [1.82, 2.24) is 0 Å². The predicted octanol–water partition coefficient (Wildman–Crippen LogP) is 6.03. The van der Waals surface area contributed by atoms with Gasteiger partial charge in [-0.25, -0.2) is 0 Å². The lowest BCUT2D eigenvalue weighted by Crippen LogP contribution is -2.42. The molecule has 3 rings (SSSR count). The molecular formula is C25H32O3S. The summed E-state index contributed by atoms with van der Waals surface area (Å²) >= 11 is 5.77. The Morgan fingerprint density at radius 3 is 1.86 bits per heavy atom. The molecule has 2 aromatic carbocycles. The Balaban J connectivity index is 1.94. The van der Waals surface area contributed by atoms with E-state index >= 15 is 0 Å². The zero-order chi connectivity index (χ0) is 20.7. The van der Waals surface area contributed by atoms with Gasteiger partial charge in [0.05, 0.1) is 20.8 Å². The van der Waals surface area contributed by atoms with Crippen LogP contribution in [-0.4, -0.2) is 25.9 Å². The van der Waals surface area contributed by atoms with Crippen LogP contribution in [0, 0.1) is 11.3 Å². The van der Waals surface area contributed by atoms with Gasteiger partial charge < -0.3 is 14.2 Å². The van der Waals surface area contributed by atoms with Gasteiger partial charge in [0, 0.05) is 5.92 Å². The van der Waals surface area contributed by atoms with Crippen LogP contribution in [0.4, 0.5) is 0 Å². The van der Waals surface area contributed by atoms with E-state index in [4.69, 9.17) is 26.4 Å². The molecule has 0 heterocycles. The summed E-state index contributed by atoms with van der Waals surface area (Å²) in [4.78, 5) is 0. The minimum absolute atomic E-state index is 0.0632. The molecule has 1 saturated carbocycles. The van der Waals surface area contributed by atoms with Gasteiger partial charge in [-0.2, -0.15) is 0 Å². The molecular weight excluding hydrogens is 380 g/mol. The third-order valence-corrected chi connectivity index (χ3v) is 6.56. The summed E-state index contributed by atoms with van der Waals surface area (Å²) in [6, 6.07) is 16.9. The number of benzene rings is 2. The number of hydrogen-bond acceptors (Lipinski definition) is 4. The molecule has 0 spiro atoms. The van der Waals surface area contributed by atoms with E-state index in [1.54, 1.807) is 14.2 Å². The minimum Gasteiger partial charge on any atom is -0.497 e. The molecule has 29 heavy (non-hydrogen) atoms. The summed E-state index contributed by atoms with van der Waals surface area (Å²) < 4.78 is 16.6.